The Morgan fingerprint density at radius 3 is 2.53 bits per heavy atom. The van der Waals surface area contributed by atoms with Crippen molar-refractivity contribution in [2.45, 2.75) is 4.90 Å². The Labute approximate surface area is 85.1 Å². The molecule has 0 saturated heterocycles. The van der Waals surface area contributed by atoms with Crippen LogP contribution in [0.3, 0.4) is 0 Å². The molecule has 0 atom stereocenters. The number of hydrogen-bond donors (Lipinski definition) is 2. The van der Waals surface area contributed by atoms with Crippen LogP contribution in [-0.4, -0.2) is 36.1 Å². The second-order valence-electron chi connectivity index (χ2n) is 2.48. The average molecular weight is 233 g/mol. The number of hydrogen-bond acceptors (Lipinski definition) is 5. The van der Waals surface area contributed by atoms with Gasteiger partial charge in [0.2, 0.25) is 5.88 Å². The van der Waals surface area contributed by atoms with Crippen LogP contribution in [0.15, 0.2) is 17.2 Å². The fourth-order valence-corrected chi connectivity index (χ4v) is 1.78. The number of carboxylic acids is 1. The van der Waals surface area contributed by atoms with E-state index in [9.17, 15) is 13.2 Å². The summed E-state index contributed by atoms with van der Waals surface area (Å²) in [5, 5.41) is 8.69. The van der Waals surface area contributed by atoms with Crippen molar-refractivity contribution in [2.24, 2.45) is 0 Å². The molecule has 2 N–H and O–H groups in total. The van der Waals surface area contributed by atoms with Crippen LogP contribution in [0.4, 0.5) is 0 Å². The number of carbonyl (C=O) groups is 1. The number of nitrogens with zero attached hydrogens (tertiary/aromatic N) is 1. The third-order valence-electron chi connectivity index (χ3n) is 1.55. The quantitative estimate of drug-likeness (QED) is 0.708. The molecule has 1 heterocycles. The van der Waals surface area contributed by atoms with Crippen LogP contribution in [-0.2, 0) is 10.1 Å². The Morgan fingerprint density at radius 2 is 2.13 bits per heavy atom. The zero-order valence-electron chi connectivity index (χ0n) is 7.54. The minimum absolute atomic E-state index is 0.461. The first kappa shape index (κ1) is 11.4. The topological polar surface area (TPSA) is 114 Å². The second kappa shape index (κ2) is 3.83. The van der Waals surface area contributed by atoms with Crippen molar-refractivity contribution >= 4 is 16.1 Å². The SMILES string of the molecule is COc1nccc(C(=O)O)c1S(=O)(=O)O. The summed E-state index contributed by atoms with van der Waals surface area (Å²) in [7, 11) is -3.58. The molecule has 0 bridgehead atoms. The molecule has 1 rings (SSSR count). The molecule has 15 heavy (non-hydrogen) atoms. The molecule has 0 aliphatic heterocycles. The summed E-state index contributed by atoms with van der Waals surface area (Å²) >= 11 is 0. The van der Waals surface area contributed by atoms with Gasteiger partial charge in [0.05, 0.1) is 12.7 Å². The number of carboxylic acid groups (broad SMARTS) is 1. The lowest BCUT2D eigenvalue weighted by atomic mass is 10.3. The van der Waals surface area contributed by atoms with Crippen molar-refractivity contribution in [1.82, 2.24) is 4.98 Å². The highest BCUT2D eigenvalue weighted by atomic mass is 32.2. The summed E-state index contributed by atoms with van der Waals surface area (Å²) in [4.78, 5) is 13.3. The van der Waals surface area contributed by atoms with Crippen LogP contribution in [0.25, 0.3) is 0 Å². The smallest absolute Gasteiger partial charge is 0.337 e. The molecule has 0 aliphatic rings. The molecule has 0 spiro atoms. The molecule has 0 unspecified atom stereocenters. The van der Waals surface area contributed by atoms with Gasteiger partial charge in [-0.1, -0.05) is 0 Å². The molecule has 8 heteroatoms. The molecule has 1 aromatic heterocycles. The largest absolute Gasteiger partial charge is 0.480 e. The first-order valence-electron chi connectivity index (χ1n) is 3.61. The minimum Gasteiger partial charge on any atom is -0.480 e. The van der Waals surface area contributed by atoms with Gasteiger partial charge in [-0.25, -0.2) is 9.78 Å². The number of ether oxygens (including phenoxy) is 1. The maximum absolute atomic E-state index is 10.9. The number of aromatic carboxylic acids is 1. The highest BCUT2D eigenvalue weighted by Crippen LogP contribution is 2.24. The Balaban J connectivity index is 3.63. The van der Waals surface area contributed by atoms with E-state index in [1.54, 1.807) is 0 Å². The molecule has 0 aromatic carbocycles. The molecule has 0 radical (unpaired) electrons. The summed E-state index contributed by atoms with van der Waals surface area (Å²) in [6.45, 7) is 0. The predicted molar refractivity (Wildman–Crippen MR) is 47.6 cm³/mol. The normalized spacial score (nSPS) is 11.1. The molecule has 1 aromatic rings. The van der Waals surface area contributed by atoms with Crippen LogP contribution < -0.4 is 4.74 Å². The molecule has 0 fully saturated rings. The first-order chi connectivity index (χ1) is 6.88. The van der Waals surface area contributed by atoms with Crippen molar-refractivity contribution in [3.63, 3.8) is 0 Å². The van der Waals surface area contributed by atoms with Crippen molar-refractivity contribution in [3.8, 4) is 5.88 Å². The van der Waals surface area contributed by atoms with Gasteiger partial charge in [0.25, 0.3) is 0 Å². The highest BCUT2D eigenvalue weighted by Gasteiger charge is 2.26. The summed E-state index contributed by atoms with van der Waals surface area (Å²) in [6, 6.07) is 0.952. The van der Waals surface area contributed by atoms with E-state index >= 15 is 0 Å². The number of rotatable bonds is 3. The lowest BCUT2D eigenvalue weighted by Gasteiger charge is -2.06. The number of pyridine rings is 1. The van der Waals surface area contributed by atoms with E-state index in [4.69, 9.17) is 9.66 Å². The summed E-state index contributed by atoms with van der Waals surface area (Å²) in [5.74, 6) is -1.96. The van der Waals surface area contributed by atoms with E-state index < -0.39 is 32.4 Å². The van der Waals surface area contributed by atoms with Crippen molar-refractivity contribution in [1.29, 1.82) is 0 Å². The second-order valence-corrected chi connectivity index (χ2v) is 3.84. The monoisotopic (exact) mass is 233 g/mol. The van der Waals surface area contributed by atoms with E-state index in [2.05, 4.69) is 9.72 Å². The zero-order chi connectivity index (χ0) is 11.6. The van der Waals surface area contributed by atoms with Crippen LogP contribution in [0, 0.1) is 0 Å². The summed E-state index contributed by atoms with van der Waals surface area (Å²) in [6.07, 6.45) is 1.07. The predicted octanol–water partition coefficient (Wildman–Crippen LogP) is 0.0351. The van der Waals surface area contributed by atoms with Crippen molar-refractivity contribution in [3.05, 3.63) is 17.8 Å². The minimum atomic E-state index is -4.69. The van der Waals surface area contributed by atoms with Crippen molar-refractivity contribution < 1.29 is 27.6 Å². The van der Waals surface area contributed by atoms with Gasteiger partial charge in [-0.3, -0.25) is 4.55 Å². The summed E-state index contributed by atoms with van der Waals surface area (Å²) < 4.78 is 35.2. The van der Waals surface area contributed by atoms with Crippen LogP contribution >= 0.6 is 0 Å². The standard InChI is InChI=1S/C7H7NO6S/c1-14-6-5(15(11,12)13)4(7(9)10)2-3-8-6/h2-3H,1H3,(H,9,10)(H,11,12,13). The molecule has 0 aliphatic carbocycles. The number of aromatic nitrogens is 1. The molecular formula is C7H7NO6S. The first-order valence-corrected chi connectivity index (χ1v) is 5.05. The third kappa shape index (κ3) is 2.22. The number of methoxy groups -OCH3 is 1. The Hall–Kier alpha value is -1.67. The molecule has 0 saturated carbocycles. The maximum atomic E-state index is 10.9. The lowest BCUT2D eigenvalue weighted by molar-refractivity contribution is 0.0691. The fourth-order valence-electron chi connectivity index (χ4n) is 0.992. The molecule has 0 amide bonds. The van der Waals surface area contributed by atoms with Gasteiger partial charge < -0.3 is 9.84 Å². The fraction of sp³-hybridized carbons (Fsp3) is 0.143. The highest BCUT2D eigenvalue weighted by molar-refractivity contribution is 7.86. The van der Waals surface area contributed by atoms with Gasteiger partial charge in [0.15, 0.2) is 4.90 Å². The summed E-state index contributed by atoms with van der Waals surface area (Å²) in [5.41, 5.74) is -0.593. The third-order valence-corrected chi connectivity index (χ3v) is 2.46. The molecule has 82 valence electrons. The Bertz CT molecular complexity index is 494. The zero-order valence-corrected chi connectivity index (χ0v) is 8.35. The Morgan fingerprint density at radius 1 is 1.53 bits per heavy atom. The maximum Gasteiger partial charge on any atom is 0.337 e. The van der Waals surface area contributed by atoms with E-state index in [-0.39, 0.29) is 0 Å². The average Bonchev–Trinajstić information content (AvgIpc) is 2.15. The van der Waals surface area contributed by atoms with E-state index in [1.165, 1.54) is 0 Å². The van der Waals surface area contributed by atoms with Gasteiger partial charge in [-0.2, -0.15) is 8.42 Å². The van der Waals surface area contributed by atoms with E-state index in [0.717, 1.165) is 19.4 Å². The van der Waals surface area contributed by atoms with E-state index in [1.807, 2.05) is 0 Å². The van der Waals surface area contributed by atoms with Gasteiger partial charge in [0, 0.05) is 6.20 Å². The Kier molecular flexibility index (Phi) is 2.91. The van der Waals surface area contributed by atoms with Gasteiger partial charge in [-0.05, 0) is 6.07 Å². The van der Waals surface area contributed by atoms with Gasteiger partial charge in [0.1, 0.15) is 0 Å². The van der Waals surface area contributed by atoms with E-state index in [0.29, 0.717) is 0 Å². The van der Waals surface area contributed by atoms with Crippen LogP contribution in [0.1, 0.15) is 10.4 Å². The van der Waals surface area contributed by atoms with Crippen LogP contribution in [0.5, 0.6) is 5.88 Å². The van der Waals surface area contributed by atoms with Crippen molar-refractivity contribution in [2.75, 3.05) is 7.11 Å². The molecular weight excluding hydrogens is 226 g/mol. The van der Waals surface area contributed by atoms with Crippen LogP contribution in [0.2, 0.25) is 0 Å². The lowest BCUT2D eigenvalue weighted by Crippen LogP contribution is -2.11. The molecule has 7 nitrogen and oxygen atoms in total. The van der Waals surface area contributed by atoms with Gasteiger partial charge in [-0.15, -0.1) is 0 Å². The van der Waals surface area contributed by atoms with Gasteiger partial charge >= 0.3 is 16.1 Å².